The Hall–Kier alpha value is -1.27. The summed E-state index contributed by atoms with van der Waals surface area (Å²) in [5.74, 6) is 0.686. The number of thioether (sulfide) groups is 1. The number of halogens is 1. The highest BCUT2D eigenvalue weighted by atomic mass is 32.2. The van der Waals surface area contributed by atoms with Crippen molar-refractivity contribution in [1.29, 1.82) is 0 Å². The van der Waals surface area contributed by atoms with Gasteiger partial charge in [0.1, 0.15) is 0 Å². The van der Waals surface area contributed by atoms with E-state index in [0.29, 0.717) is 12.3 Å². The molecule has 1 aromatic rings. The van der Waals surface area contributed by atoms with Crippen molar-refractivity contribution >= 4 is 17.7 Å². The Balaban J connectivity index is 1.80. The number of rotatable bonds is 5. The molecule has 1 heterocycles. The first-order valence-corrected chi connectivity index (χ1v) is 9.23. The zero-order valence-corrected chi connectivity index (χ0v) is 15.8. The second-order valence-corrected chi connectivity index (χ2v) is 8.83. The van der Waals surface area contributed by atoms with Gasteiger partial charge in [0.15, 0.2) is 11.6 Å². The molecule has 6 heteroatoms. The predicted molar refractivity (Wildman–Crippen MR) is 97.0 cm³/mol. The number of hydrogen-bond donors (Lipinski definition) is 0. The molecule has 0 unspecified atom stereocenters. The van der Waals surface area contributed by atoms with E-state index in [0.717, 1.165) is 31.7 Å². The van der Waals surface area contributed by atoms with Crippen molar-refractivity contribution in [2.75, 3.05) is 39.0 Å². The Labute approximate surface area is 148 Å². The number of benzene rings is 1. The summed E-state index contributed by atoms with van der Waals surface area (Å²) >= 11 is 1.69. The van der Waals surface area contributed by atoms with Gasteiger partial charge in [-0.2, -0.15) is 0 Å². The number of carbonyl (C=O) groups excluding carboxylic acids is 1. The van der Waals surface area contributed by atoms with Crippen molar-refractivity contribution in [3.8, 4) is 5.75 Å². The third kappa shape index (κ3) is 5.67. The van der Waals surface area contributed by atoms with E-state index in [1.165, 1.54) is 13.2 Å². The van der Waals surface area contributed by atoms with Crippen LogP contribution in [0, 0.1) is 5.82 Å². The van der Waals surface area contributed by atoms with Crippen LogP contribution in [0.3, 0.4) is 0 Å². The minimum Gasteiger partial charge on any atom is -0.494 e. The fourth-order valence-corrected chi connectivity index (χ4v) is 3.33. The van der Waals surface area contributed by atoms with Crippen LogP contribution in [-0.4, -0.2) is 59.5 Å². The fraction of sp³-hybridized carbons (Fsp3) is 0.611. The van der Waals surface area contributed by atoms with Gasteiger partial charge >= 0.3 is 0 Å². The maximum Gasteiger partial charge on any atom is 0.232 e. The van der Waals surface area contributed by atoms with Crippen molar-refractivity contribution in [2.24, 2.45) is 0 Å². The first-order chi connectivity index (χ1) is 11.3. The number of nitrogens with zero attached hydrogens (tertiary/aromatic N) is 2. The molecular formula is C18H27FN2O2S. The first kappa shape index (κ1) is 19.1. The first-order valence-electron chi connectivity index (χ1n) is 8.25. The van der Waals surface area contributed by atoms with E-state index in [2.05, 4.69) is 25.7 Å². The lowest BCUT2D eigenvalue weighted by Gasteiger charge is -2.35. The molecule has 1 fully saturated rings. The van der Waals surface area contributed by atoms with Gasteiger partial charge in [0.25, 0.3) is 0 Å². The highest BCUT2D eigenvalue weighted by Crippen LogP contribution is 2.23. The van der Waals surface area contributed by atoms with Gasteiger partial charge in [-0.15, -0.1) is 11.8 Å². The lowest BCUT2D eigenvalue weighted by molar-refractivity contribution is -0.130. The molecule has 0 aliphatic carbocycles. The minimum atomic E-state index is -0.331. The lowest BCUT2D eigenvalue weighted by Crippen LogP contribution is -2.49. The normalized spacial score (nSPS) is 16.3. The molecule has 1 aliphatic rings. The van der Waals surface area contributed by atoms with Gasteiger partial charge in [-0.05, 0) is 17.7 Å². The van der Waals surface area contributed by atoms with Crippen LogP contribution in [0.25, 0.3) is 0 Å². The van der Waals surface area contributed by atoms with E-state index in [-0.39, 0.29) is 22.2 Å². The summed E-state index contributed by atoms with van der Waals surface area (Å²) < 4.78 is 18.8. The highest BCUT2D eigenvalue weighted by Gasteiger charge is 2.23. The van der Waals surface area contributed by atoms with Crippen LogP contribution in [-0.2, 0) is 11.3 Å². The molecule has 0 radical (unpaired) electrons. The van der Waals surface area contributed by atoms with E-state index in [4.69, 9.17) is 4.74 Å². The summed E-state index contributed by atoms with van der Waals surface area (Å²) in [6.07, 6.45) is 0. The van der Waals surface area contributed by atoms with Crippen molar-refractivity contribution in [1.82, 2.24) is 9.80 Å². The van der Waals surface area contributed by atoms with Gasteiger partial charge in [-0.3, -0.25) is 9.69 Å². The van der Waals surface area contributed by atoms with Crippen LogP contribution in [0.4, 0.5) is 4.39 Å². The molecule has 134 valence electrons. The maximum atomic E-state index is 13.8. The molecule has 1 amide bonds. The zero-order valence-electron chi connectivity index (χ0n) is 15.0. The van der Waals surface area contributed by atoms with Crippen LogP contribution < -0.4 is 4.74 Å². The molecule has 1 aliphatic heterocycles. The summed E-state index contributed by atoms with van der Waals surface area (Å²) in [7, 11) is 1.46. The van der Waals surface area contributed by atoms with Gasteiger partial charge in [0.2, 0.25) is 5.91 Å². The minimum absolute atomic E-state index is 0.107. The topological polar surface area (TPSA) is 32.8 Å². The predicted octanol–water partition coefficient (Wildman–Crippen LogP) is 3.01. The quantitative estimate of drug-likeness (QED) is 0.814. The van der Waals surface area contributed by atoms with Gasteiger partial charge in [-0.25, -0.2) is 4.39 Å². The summed E-state index contributed by atoms with van der Waals surface area (Å²) in [4.78, 5) is 16.4. The molecule has 2 rings (SSSR count). The average Bonchev–Trinajstić information content (AvgIpc) is 2.53. The van der Waals surface area contributed by atoms with Crippen molar-refractivity contribution in [2.45, 2.75) is 32.1 Å². The van der Waals surface area contributed by atoms with Gasteiger partial charge in [0.05, 0.1) is 12.9 Å². The largest absolute Gasteiger partial charge is 0.494 e. The Kier molecular flexibility index (Phi) is 6.52. The molecule has 4 nitrogen and oxygen atoms in total. The monoisotopic (exact) mass is 354 g/mol. The molecule has 0 aromatic heterocycles. The number of methoxy groups -OCH3 is 1. The number of amides is 1. The van der Waals surface area contributed by atoms with E-state index in [1.54, 1.807) is 17.8 Å². The molecular weight excluding hydrogens is 327 g/mol. The summed E-state index contributed by atoms with van der Waals surface area (Å²) in [5.41, 5.74) is 0.927. The Bertz CT molecular complexity index is 567. The summed E-state index contributed by atoms with van der Waals surface area (Å²) in [5, 5.41) is 0. The van der Waals surface area contributed by atoms with Crippen LogP contribution in [0.1, 0.15) is 26.3 Å². The van der Waals surface area contributed by atoms with Crippen molar-refractivity contribution in [3.63, 3.8) is 0 Å². The SMILES string of the molecule is COc1ccc(CN2CCN(C(=O)CSC(C)(C)C)CC2)cc1F. The van der Waals surface area contributed by atoms with Gasteiger partial charge < -0.3 is 9.64 Å². The van der Waals surface area contributed by atoms with E-state index < -0.39 is 0 Å². The molecule has 0 saturated carbocycles. The molecule has 0 atom stereocenters. The van der Waals surface area contributed by atoms with Crippen molar-refractivity contribution < 1.29 is 13.9 Å². The molecule has 24 heavy (non-hydrogen) atoms. The van der Waals surface area contributed by atoms with Crippen molar-refractivity contribution in [3.05, 3.63) is 29.6 Å². The Morgan fingerprint density at radius 2 is 1.92 bits per heavy atom. The maximum absolute atomic E-state index is 13.8. The second kappa shape index (κ2) is 8.21. The zero-order chi connectivity index (χ0) is 17.7. The molecule has 1 aromatic carbocycles. The Morgan fingerprint density at radius 1 is 1.25 bits per heavy atom. The lowest BCUT2D eigenvalue weighted by atomic mass is 10.2. The fourth-order valence-electron chi connectivity index (χ4n) is 2.59. The van der Waals surface area contributed by atoms with Crippen LogP contribution in [0.15, 0.2) is 18.2 Å². The van der Waals surface area contributed by atoms with Gasteiger partial charge in [-0.1, -0.05) is 26.8 Å². The van der Waals surface area contributed by atoms with Gasteiger partial charge in [0, 0.05) is 37.5 Å². The number of carbonyl (C=O) groups is 1. The number of ether oxygens (including phenoxy) is 1. The third-order valence-corrected chi connectivity index (χ3v) is 5.23. The standard InChI is InChI=1S/C18H27FN2O2S/c1-18(2,3)24-13-17(22)21-9-7-20(8-10-21)12-14-5-6-16(23-4)15(19)11-14/h5-6,11H,7-10,12-13H2,1-4H3. The van der Waals surface area contributed by atoms with E-state index in [9.17, 15) is 9.18 Å². The summed E-state index contributed by atoms with van der Waals surface area (Å²) in [6, 6.07) is 5.07. The van der Waals surface area contributed by atoms with Crippen LogP contribution >= 0.6 is 11.8 Å². The third-order valence-electron chi connectivity index (χ3n) is 3.98. The Morgan fingerprint density at radius 3 is 2.46 bits per heavy atom. The average molecular weight is 354 g/mol. The highest BCUT2D eigenvalue weighted by molar-refractivity contribution is 8.01. The van der Waals surface area contributed by atoms with Crippen LogP contribution in [0.2, 0.25) is 0 Å². The van der Waals surface area contributed by atoms with E-state index in [1.807, 2.05) is 11.0 Å². The van der Waals surface area contributed by atoms with E-state index >= 15 is 0 Å². The summed E-state index contributed by atoms with van der Waals surface area (Å²) in [6.45, 7) is 10.2. The number of piperazine rings is 1. The molecule has 0 bridgehead atoms. The molecule has 1 saturated heterocycles. The van der Waals surface area contributed by atoms with Crippen LogP contribution in [0.5, 0.6) is 5.75 Å². The molecule has 0 spiro atoms. The second-order valence-electron chi connectivity index (χ2n) is 7.03. The smallest absolute Gasteiger partial charge is 0.232 e. The molecule has 0 N–H and O–H groups in total. The number of hydrogen-bond acceptors (Lipinski definition) is 4.